The first-order chi connectivity index (χ1) is 19.0. The van der Waals surface area contributed by atoms with E-state index in [1.807, 2.05) is 0 Å². The van der Waals surface area contributed by atoms with E-state index < -0.39 is 0 Å². The molecule has 0 fully saturated rings. The van der Waals surface area contributed by atoms with Gasteiger partial charge in [-0.3, -0.25) is 0 Å². The van der Waals surface area contributed by atoms with E-state index >= 15 is 0 Å². The molecule has 1 unspecified atom stereocenters. The number of hydrogen-bond donors (Lipinski definition) is 0. The molecule has 0 aliphatic heterocycles. The Bertz CT molecular complexity index is 1720. The van der Waals surface area contributed by atoms with Crippen LogP contribution in [-0.2, 0) is 5.41 Å². The van der Waals surface area contributed by atoms with Gasteiger partial charge in [-0.1, -0.05) is 123 Å². The summed E-state index contributed by atoms with van der Waals surface area (Å²) < 4.78 is 0. The number of allylic oxidation sites excluding steroid dienone is 4. The van der Waals surface area contributed by atoms with E-state index in [1.165, 1.54) is 66.8 Å². The van der Waals surface area contributed by atoms with E-state index in [2.05, 4.69) is 141 Å². The summed E-state index contributed by atoms with van der Waals surface area (Å²) in [6, 6.07) is 30.3. The first-order valence-electron chi connectivity index (χ1n) is 14.8. The monoisotopic (exact) mass is 519 g/mol. The SMILES string of the molecule is Cc1ccc(C2(c3ccc(C)cc3)C3=C(c4c(C)ccc5c4[CH]c4cc(C)ccc4-5)C(C)C2=C3C(C)(C)C)cc1. The Morgan fingerprint density at radius 1 is 0.650 bits per heavy atom. The van der Waals surface area contributed by atoms with Crippen LogP contribution in [0.2, 0.25) is 0 Å². The van der Waals surface area contributed by atoms with Crippen molar-refractivity contribution < 1.29 is 0 Å². The Hall–Kier alpha value is -3.64. The van der Waals surface area contributed by atoms with Crippen LogP contribution in [0.25, 0.3) is 16.7 Å². The summed E-state index contributed by atoms with van der Waals surface area (Å²) in [5.74, 6) is 0.343. The van der Waals surface area contributed by atoms with Crippen LogP contribution in [0.5, 0.6) is 0 Å². The van der Waals surface area contributed by atoms with E-state index in [9.17, 15) is 0 Å². The molecule has 0 amide bonds. The van der Waals surface area contributed by atoms with Gasteiger partial charge in [-0.05, 0) is 99.9 Å². The highest BCUT2D eigenvalue weighted by molar-refractivity contribution is 5.99. The zero-order valence-electron chi connectivity index (χ0n) is 25.2. The van der Waals surface area contributed by atoms with Crippen LogP contribution in [0.4, 0.5) is 0 Å². The van der Waals surface area contributed by atoms with Gasteiger partial charge >= 0.3 is 0 Å². The summed E-state index contributed by atoms with van der Waals surface area (Å²) in [7, 11) is 0. The summed E-state index contributed by atoms with van der Waals surface area (Å²) in [4.78, 5) is 0. The summed E-state index contributed by atoms with van der Waals surface area (Å²) in [6.45, 7) is 18.6. The van der Waals surface area contributed by atoms with Gasteiger partial charge in [-0.2, -0.15) is 0 Å². The van der Waals surface area contributed by atoms with Gasteiger partial charge in [-0.25, -0.2) is 0 Å². The van der Waals surface area contributed by atoms with Gasteiger partial charge in [0.2, 0.25) is 0 Å². The molecular formula is C40H39. The number of fused-ring (bicyclic) bond motifs is 4. The molecule has 1 atom stereocenters. The van der Waals surface area contributed by atoms with Gasteiger partial charge in [0.05, 0.1) is 5.41 Å². The molecule has 4 aromatic carbocycles. The molecule has 0 nitrogen and oxygen atoms in total. The fourth-order valence-corrected chi connectivity index (χ4v) is 7.99. The molecule has 0 heteroatoms. The zero-order valence-corrected chi connectivity index (χ0v) is 25.2. The summed E-state index contributed by atoms with van der Waals surface area (Å²) in [5, 5.41) is 0. The lowest BCUT2D eigenvalue weighted by Gasteiger charge is -2.50. The van der Waals surface area contributed by atoms with E-state index in [1.54, 1.807) is 16.7 Å². The molecule has 0 spiro atoms. The first-order valence-corrected chi connectivity index (χ1v) is 14.8. The maximum absolute atomic E-state index is 2.47. The Kier molecular flexibility index (Phi) is 5.34. The minimum atomic E-state index is -0.212. The standard InChI is InChI=1S/C40H39/c1-23-9-15-29(16-10-23)40(30-17-11-24(2)12-18-30)36-27(5)35(37(40)38(36)39(6,7)8)34-26(4)14-20-32-31-19-13-25(3)21-28(31)22-33(32)34/h9-22,27H,1-8H3. The van der Waals surface area contributed by atoms with Gasteiger partial charge in [0.15, 0.2) is 0 Å². The Morgan fingerprint density at radius 3 is 1.77 bits per heavy atom. The minimum Gasteiger partial charge on any atom is -0.0590 e. The highest BCUT2D eigenvalue weighted by Crippen LogP contribution is 2.72. The molecule has 4 aliphatic rings. The third-order valence-corrected chi connectivity index (χ3v) is 9.67. The highest BCUT2D eigenvalue weighted by Gasteiger charge is 2.62. The number of hydrogen-bond acceptors (Lipinski definition) is 0. The second-order valence-electron chi connectivity index (χ2n) is 13.5. The van der Waals surface area contributed by atoms with Crippen molar-refractivity contribution in [1.29, 1.82) is 0 Å². The van der Waals surface area contributed by atoms with Crippen LogP contribution in [0.3, 0.4) is 0 Å². The molecular weight excluding hydrogens is 480 g/mol. The Morgan fingerprint density at radius 2 is 1.20 bits per heavy atom. The van der Waals surface area contributed by atoms with Crippen molar-refractivity contribution in [2.45, 2.75) is 60.8 Å². The molecule has 4 aliphatic carbocycles. The van der Waals surface area contributed by atoms with Crippen LogP contribution in [-0.4, -0.2) is 0 Å². The first kappa shape index (κ1) is 25.3. The topological polar surface area (TPSA) is 0 Å². The van der Waals surface area contributed by atoms with Crippen LogP contribution in [0.15, 0.2) is 95.6 Å². The molecule has 0 saturated heterocycles. The molecule has 0 heterocycles. The lowest BCUT2D eigenvalue weighted by molar-refractivity contribution is 0.448. The molecule has 1 radical (unpaired) electrons. The van der Waals surface area contributed by atoms with Crippen molar-refractivity contribution in [1.82, 2.24) is 0 Å². The van der Waals surface area contributed by atoms with Crippen molar-refractivity contribution in [3.63, 3.8) is 0 Å². The molecule has 0 N–H and O–H groups in total. The molecule has 8 rings (SSSR count). The normalized spacial score (nSPS) is 18.6. The summed E-state index contributed by atoms with van der Waals surface area (Å²) in [5.41, 5.74) is 21.1. The fraction of sp³-hybridized carbons (Fsp3) is 0.275. The van der Waals surface area contributed by atoms with Crippen LogP contribution in [0.1, 0.15) is 77.8 Å². The van der Waals surface area contributed by atoms with E-state index in [-0.39, 0.29) is 10.8 Å². The maximum atomic E-state index is 2.47. The fourth-order valence-electron chi connectivity index (χ4n) is 7.99. The zero-order chi connectivity index (χ0) is 28.1. The summed E-state index contributed by atoms with van der Waals surface area (Å²) >= 11 is 0. The molecule has 40 heavy (non-hydrogen) atoms. The van der Waals surface area contributed by atoms with Gasteiger partial charge in [-0.15, -0.1) is 0 Å². The van der Waals surface area contributed by atoms with Crippen molar-refractivity contribution in [2.75, 3.05) is 0 Å². The second-order valence-corrected chi connectivity index (χ2v) is 13.5. The lowest BCUT2D eigenvalue weighted by Crippen LogP contribution is -2.43. The average molecular weight is 520 g/mol. The van der Waals surface area contributed by atoms with E-state index in [4.69, 9.17) is 0 Å². The van der Waals surface area contributed by atoms with E-state index in [0.29, 0.717) is 5.92 Å². The minimum absolute atomic E-state index is 0.0647. The lowest BCUT2D eigenvalue weighted by atomic mass is 9.51. The van der Waals surface area contributed by atoms with Crippen molar-refractivity contribution >= 4 is 5.57 Å². The maximum Gasteiger partial charge on any atom is 0.0679 e. The van der Waals surface area contributed by atoms with Crippen molar-refractivity contribution in [3.8, 4) is 11.1 Å². The predicted molar refractivity (Wildman–Crippen MR) is 170 cm³/mol. The van der Waals surface area contributed by atoms with E-state index in [0.717, 1.165) is 0 Å². The third-order valence-electron chi connectivity index (χ3n) is 9.67. The molecule has 0 aromatic heterocycles. The molecule has 2 bridgehead atoms. The molecule has 0 saturated carbocycles. The quantitative estimate of drug-likeness (QED) is 0.222. The average Bonchev–Trinajstić information content (AvgIpc) is 3.49. The van der Waals surface area contributed by atoms with Crippen LogP contribution in [0, 0.1) is 45.4 Å². The predicted octanol–water partition coefficient (Wildman–Crippen LogP) is 10.2. The summed E-state index contributed by atoms with van der Waals surface area (Å²) in [6.07, 6.45) is 2.46. The Labute approximate surface area is 240 Å². The van der Waals surface area contributed by atoms with Crippen molar-refractivity contribution in [2.24, 2.45) is 11.3 Å². The van der Waals surface area contributed by atoms with Gasteiger partial charge in [0.25, 0.3) is 0 Å². The van der Waals surface area contributed by atoms with Gasteiger partial charge in [0.1, 0.15) is 0 Å². The van der Waals surface area contributed by atoms with Crippen molar-refractivity contribution in [3.05, 3.63) is 152 Å². The second kappa shape index (κ2) is 8.43. The highest BCUT2D eigenvalue weighted by atomic mass is 14.6. The van der Waals surface area contributed by atoms with Gasteiger partial charge in [0, 0.05) is 12.3 Å². The Balaban J connectivity index is 1.57. The van der Waals surface area contributed by atoms with Crippen LogP contribution >= 0.6 is 0 Å². The largest absolute Gasteiger partial charge is 0.0679 e. The van der Waals surface area contributed by atoms with Crippen LogP contribution < -0.4 is 0 Å². The van der Waals surface area contributed by atoms with Gasteiger partial charge < -0.3 is 0 Å². The molecule has 4 aromatic rings. The number of rotatable bonds is 3. The number of aryl methyl sites for hydroxylation is 4. The number of benzene rings is 4. The smallest absolute Gasteiger partial charge is 0.0590 e. The molecule has 199 valence electrons. The third kappa shape index (κ3) is 3.26.